The van der Waals surface area contributed by atoms with Gasteiger partial charge in [0.05, 0.1) is 0 Å². The first-order valence-corrected chi connectivity index (χ1v) is 4.64. The van der Waals surface area contributed by atoms with E-state index in [2.05, 4.69) is 4.99 Å². The molecule has 1 atom stereocenters. The average molecular weight is 207 g/mol. The van der Waals surface area contributed by atoms with Gasteiger partial charge in [-0.25, -0.2) is 4.99 Å². The van der Waals surface area contributed by atoms with Crippen LogP contribution in [0.15, 0.2) is 16.4 Å². The van der Waals surface area contributed by atoms with Crippen molar-refractivity contribution >= 4 is 46.1 Å². The van der Waals surface area contributed by atoms with E-state index >= 15 is 0 Å². The van der Waals surface area contributed by atoms with Gasteiger partial charge in [0.1, 0.15) is 16.8 Å². The highest BCUT2D eigenvalue weighted by atomic mass is 35.5. The average Bonchev–Trinajstić information content (AvgIpc) is 2.45. The number of nitrogens with zero attached hydrogens (tertiary/aromatic N) is 2. The van der Waals surface area contributed by atoms with Crippen molar-refractivity contribution in [1.82, 2.24) is 4.42 Å². The highest BCUT2D eigenvalue weighted by molar-refractivity contribution is 7.14. The first kappa shape index (κ1) is 7.40. The van der Waals surface area contributed by atoms with Gasteiger partial charge in [0, 0.05) is 17.3 Å². The highest BCUT2D eigenvalue weighted by Gasteiger charge is 2.21. The first-order valence-electron chi connectivity index (χ1n) is 2.99. The minimum atomic E-state index is -0.282. The fraction of sp³-hybridized carbons (Fsp3) is 0.167. The lowest BCUT2D eigenvalue weighted by Gasteiger charge is -2.19. The van der Waals surface area contributed by atoms with Crippen molar-refractivity contribution in [2.75, 3.05) is 0 Å². The van der Waals surface area contributed by atoms with Crippen molar-refractivity contribution in [3.63, 3.8) is 0 Å². The third kappa shape index (κ3) is 1.13. The second-order valence-electron chi connectivity index (χ2n) is 2.11. The van der Waals surface area contributed by atoms with E-state index in [9.17, 15) is 0 Å². The van der Waals surface area contributed by atoms with E-state index in [-0.39, 0.29) is 5.50 Å². The van der Waals surface area contributed by atoms with Gasteiger partial charge in [0.2, 0.25) is 0 Å². The summed E-state index contributed by atoms with van der Waals surface area (Å²) < 4.78 is 1.36. The van der Waals surface area contributed by atoms with Crippen LogP contribution in [0, 0.1) is 0 Å². The Hall–Kier alpha value is -0.250. The number of alkyl halides is 1. The molecule has 0 saturated heterocycles. The molecule has 1 unspecified atom stereocenters. The molecule has 0 aromatic carbocycles. The summed E-state index contributed by atoms with van der Waals surface area (Å²) in [6, 6.07) is 1.93. The molecule has 2 nitrogen and oxygen atoms in total. The van der Waals surface area contributed by atoms with Crippen molar-refractivity contribution in [1.29, 1.82) is 0 Å². The zero-order valence-corrected chi connectivity index (χ0v) is 7.70. The minimum absolute atomic E-state index is 0.282. The maximum Gasteiger partial charge on any atom is 0.148 e. The summed E-state index contributed by atoms with van der Waals surface area (Å²) in [6.07, 6.45) is 1.53. The van der Waals surface area contributed by atoms with Crippen LogP contribution in [-0.4, -0.2) is 10.8 Å². The Kier molecular flexibility index (Phi) is 1.79. The molecule has 5 heteroatoms. The Morgan fingerprint density at radius 2 is 2.45 bits per heavy atom. The summed E-state index contributed by atoms with van der Waals surface area (Å²) in [5, 5.41) is 2.90. The fourth-order valence-electron chi connectivity index (χ4n) is 0.896. The monoisotopic (exact) mass is 206 g/mol. The van der Waals surface area contributed by atoms with Gasteiger partial charge in [0.25, 0.3) is 0 Å². The summed E-state index contributed by atoms with van der Waals surface area (Å²) in [5.74, 6) is 0. The Morgan fingerprint density at radius 1 is 1.64 bits per heavy atom. The van der Waals surface area contributed by atoms with E-state index in [0.29, 0.717) is 0 Å². The molecule has 0 bridgehead atoms. The van der Waals surface area contributed by atoms with Crippen molar-refractivity contribution < 1.29 is 0 Å². The molecule has 2 rings (SSSR count). The molecule has 2 heterocycles. The molecule has 1 aliphatic rings. The van der Waals surface area contributed by atoms with Crippen molar-refractivity contribution in [2.45, 2.75) is 5.50 Å². The van der Waals surface area contributed by atoms with Gasteiger partial charge >= 0.3 is 0 Å². The van der Waals surface area contributed by atoms with Crippen LogP contribution in [0.1, 0.15) is 11.1 Å². The molecule has 0 spiro atoms. The first-order chi connectivity index (χ1) is 5.29. The minimum Gasteiger partial charge on any atom is -0.253 e. The van der Waals surface area contributed by atoms with E-state index < -0.39 is 0 Å². The standard InChI is InChI=1S/C6H4Cl2N2S/c7-5-4-1-2-11-6(4)9-3-10(5)8/h1-3,5H. The smallest absolute Gasteiger partial charge is 0.148 e. The maximum atomic E-state index is 5.95. The number of hydrogen-bond acceptors (Lipinski definition) is 3. The Balaban J connectivity index is 2.48. The number of hydrogen-bond donors (Lipinski definition) is 0. The van der Waals surface area contributed by atoms with Crippen LogP contribution in [-0.2, 0) is 0 Å². The third-order valence-corrected chi connectivity index (χ3v) is 3.10. The predicted octanol–water partition coefficient (Wildman–Crippen LogP) is 3.11. The third-order valence-electron chi connectivity index (χ3n) is 1.43. The summed E-state index contributed by atoms with van der Waals surface area (Å²) in [4.78, 5) is 4.09. The van der Waals surface area contributed by atoms with Gasteiger partial charge in [-0.05, 0) is 11.4 Å². The Bertz CT molecular complexity index is 297. The van der Waals surface area contributed by atoms with E-state index in [1.165, 1.54) is 10.8 Å². The van der Waals surface area contributed by atoms with Gasteiger partial charge in [-0.1, -0.05) is 11.6 Å². The van der Waals surface area contributed by atoms with Crippen LogP contribution in [0.2, 0.25) is 0 Å². The lowest BCUT2D eigenvalue weighted by Crippen LogP contribution is -2.14. The Labute approximate surface area is 78.2 Å². The summed E-state index contributed by atoms with van der Waals surface area (Å²) in [5.41, 5.74) is 0.699. The molecule has 0 saturated carbocycles. The van der Waals surface area contributed by atoms with Crippen LogP contribution in [0.5, 0.6) is 0 Å². The zero-order chi connectivity index (χ0) is 7.84. The van der Waals surface area contributed by atoms with Crippen molar-refractivity contribution in [3.05, 3.63) is 17.0 Å². The normalized spacial score (nSPS) is 22.0. The molecular weight excluding hydrogens is 203 g/mol. The van der Waals surface area contributed by atoms with Gasteiger partial charge in [-0.3, -0.25) is 4.42 Å². The maximum absolute atomic E-state index is 5.95. The summed E-state index contributed by atoms with van der Waals surface area (Å²) in [7, 11) is 0. The largest absolute Gasteiger partial charge is 0.253 e. The summed E-state index contributed by atoms with van der Waals surface area (Å²) in [6.45, 7) is 0. The number of rotatable bonds is 0. The Morgan fingerprint density at radius 3 is 3.27 bits per heavy atom. The fourth-order valence-corrected chi connectivity index (χ4v) is 2.10. The van der Waals surface area contributed by atoms with Crippen LogP contribution >= 0.6 is 34.7 Å². The highest BCUT2D eigenvalue weighted by Crippen LogP contribution is 2.39. The van der Waals surface area contributed by atoms with Gasteiger partial charge in [-0.2, -0.15) is 0 Å². The van der Waals surface area contributed by atoms with Crippen molar-refractivity contribution in [3.8, 4) is 0 Å². The SMILES string of the molecule is ClC1c2ccsc2N=CN1Cl. The van der Waals surface area contributed by atoms with Gasteiger partial charge in [0.15, 0.2) is 0 Å². The second kappa shape index (κ2) is 2.66. The van der Waals surface area contributed by atoms with Gasteiger partial charge < -0.3 is 0 Å². The number of fused-ring (bicyclic) bond motifs is 1. The van der Waals surface area contributed by atoms with Crippen LogP contribution < -0.4 is 0 Å². The number of thiophene rings is 1. The predicted molar refractivity (Wildman–Crippen MR) is 48.8 cm³/mol. The van der Waals surface area contributed by atoms with Gasteiger partial charge in [-0.15, -0.1) is 11.3 Å². The quantitative estimate of drug-likeness (QED) is 0.362. The number of aliphatic imine (C=N–C) groups is 1. The molecule has 0 fully saturated rings. The second-order valence-corrected chi connectivity index (χ2v) is 3.80. The number of halogens is 2. The lowest BCUT2D eigenvalue weighted by atomic mass is 10.3. The molecule has 58 valence electrons. The van der Waals surface area contributed by atoms with E-state index in [0.717, 1.165) is 10.6 Å². The molecular formula is C6H4Cl2N2S. The van der Waals surface area contributed by atoms with Crippen LogP contribution in [0.4, 0.5) is 5.00 Å². The molecule has 0 N–H and O–H groups in total. The molecule has 0 aliphatic carbocycles. The molecule has 0 amide bonds. The van der Waals surface area contributed by atoms with E-state index in [4.69, 9.17) is 23.4 Å². The molecule has 0 radical (unpaired) electrons. The van der Waals surface area contributed by atoms with Crippen molar-refractivity contribution in [2.24, 2.45) is 4.99 Å². The summed E-state index contributed by atoms with van der Waals surface area (Å²) >= 11 is 13.2. The molecule has 11 heavy (non-hydrogen) atoms. The molecule has 1 aromatic rings. The van der Waals surface area contributed by atoms with Crippen LogP contribution in [0.25, 0.3) is 0 Å². The van der Waals surface area contributed by atoms with E-state index in [1.54, 1.807) is 11.3 Å². The lowest BCUT2D eigenvalue weighted by molar-refractivity contribution is 0.634. The zero-order valence-electron chi connectivity index (χ0n) is 5.37. The molecule has 1 aromatic heterocycles. The van der Waals surface area contributed by atoms with E-state index in [1.807, 2.05) is 11.4 Å². The topological polar surface area (TPSA) is 15.6 Å². The van der Waals surface area contributed by atoms with Crippen LogP contribution in [0.3, 0.4) is 0 Å². The molecule has 1 aliphatic heterocycles.